The second kappa shape index (κ2) is 4.27. The summed E-state index contributed by atoms with van der Waals surface area (Å²) in [5.74, 6) is 0.363. The van der Waals surface area contributed by atoms with E-state index in [0.717, 1.165) is 11.3 Å². The number of nitrogens with zero attached hydrogens (tertiary/aromatic N) is 1. The summed E-state index contributed by atoms with van der Waals surface area (Å²) in [6.07, 6.45) is 0. The zero-order valence-corrected chi connectivity index (χ0v) is 10.3. The Morgan fingerprint density at radius 2 is 2.07 bits per heavy atom. The van der Waals surface area contributed by atoms with E-state index < -0.39 is 10.0 Å². The van der Waals surface area contributed by atoms with E-state index in [1.165, 1.54) is 0 Å². The summed E-state index contributed by atoms with van der Waals surface area (Å²) in [4.78, 5) is 4.06. The normalized spacial score (nSPS) is 11.4. The van der Waals surface area contributed by atoms with E-state index in [0.29, 0.717) is 5.82 Å². The predicted molar refractivity (Wildman–Crippen MR) is 60.0 cm³/mol. The molecule has 0 amide bonds. The number of halogens is 1. The van der Waals surface area contributed by atoms with Crippen molar-refractivity contribution in [2.24, 2.45) is 0 Å². The average Bonchev–Trinajstić information content (AvgIpc) is 2.01. The Balaban J connectivity index is 2.98. The second-order valence-electron chi connectivity index (χ2n) is 3.00. The second-order valence-corrected chi connectivity index (χ2v) is 6.02. The summed E-state index contributed by atoms with van der Waals surface area (Å²) >= 11 is 2.89. The lowest BCUT2D eigenvalue weighted by Crippen LogP contribution is -2.14. The number of hydrogen-bond acceptors (Lipinski definition) is 3. The first-order valence-electron chi connectivity index (χ1n) is 3.95. The quantitative estimate of drug-likeness (QED) is 0.858. The smallest absolute Gasteiger partial charge is 0.243 e. The molecule has 1 rings (SSSR count). The van der Waals surface area contributed by atoms with Gasteiger partial charge in [-0.15, -0.1) is 0 Å². The van der Waals surface area contributed by atoms with Crippen LogP contribution in [0.25, 0.3) is 0 Å². The predicted octanol–water partition coefficient (Wildman–Crippen LogP) is 1.79. The van der Waals surface area contributed by atoms with Crippen LogP contribution in [0, 0.1) is 13.8 Å². The van der Waals surface area contributed by atoms with Crippen molar-refractivity contribution in [3.63, 3.8) is 0 Å². The molecule has 0 atom stereocenters. The minimum atomic E-state index is -3.30. The fourth-order valence-corrected chi connectivity index (χ4v) is 1.90. The van der Waals surface area contributed by atoms with E-state index in [9.17, 15) is 8.42 Å². The number of rotatable bonds is 3. The van der Waals surface area contributed by atoms with Gasteiger partial charge in [-0.3, -0.25) is 4.72 Å². The Hall–Kier alpha value is -0.620. The van der Waals surface area contributed by atoms with Crippen molar-refractivity contribution < 1.29 is 8.42 Å². The van der Waals surface area contributed by atoms with Crippen LogP contribution in [0.1, 0.15) is 11.3 Å². The summed E-state index contributed by atoms with van der Waals surface area (Å²) in [5.41, 5.74) is 1.77. The van der Waals surface area contributed by atoms with Crippen LogP contribution in [0.2, 0.25) is 0 Å². The molecule has 0 unspecified atom stereocenters. The molecule has 1 N–H and O–H groups in total. The van der Waals surface area contributed by atoms with Gasteiger partial charge in [0.25, 0.3) is 0 Å². The number of aromatic nitrogens is 1. The SMILES string of the molecule is Cc1cc(C)nc(NS(=O)(=O)CBr)c1. The minimum absolute atomic E-state index is 0.130. The zero-order chi connectivity index (χ0) is 10.8. The number of anilines is 1. The summed E-state index contributed by atoms with van der Waals surface area (Å²) in [6, 6.07) is 3.57. The third-order valence-electron chi connectivity index (χ3n) is 1.50. The maximum Gasteiger partial charge on any atom is 0.243 e. The molecule has 4 nitrogen and oxygen atoms in total. The Morgan fingerprint density at radius 3 is 2.57 bits per heavy atom. The summed E-state index contributed by atoms with van der Waals surface area (Å²) in [6.45, 7) is 3.71. The van der Waals surface area contributed by atoms with E-state index in [2.05, 4.69) is 25.6 Å². The van der Waals surface area contributed by atoms with Crippen LogP contribution >= 0.6 is 15.9 Å². The molecule has 0 fully saturated rings. The van der Waals surface area contributed by atoms with Gasteiger partial charge in [0.05, 0.1) is 0 Å². The molecule has 0 radical (unpaired) electrons. The molecule has 6 heteroatoms. The average molecular weight is 279 g/mol. The highest BCUT2D eigenvalue weighted by Gasteiger charge is 2.08. The molecule has 0 aliphatic carbocycles. The highest BCUT2D eigenvalue weighted by molar-refractivity contribution is 9.10. The van der Waals surface area contributed by atoms with Gasteiger partial charge in [0.1, 0.15) is 10.5 Å². The Morgan fingerprint density at radius 1 is 1.43 bits per heavy atom. The van der Waals surface area contributed by atoms with Gasteiger partial charge in [-0.1, -0.05) is 15.9 Å². The van der Waals surface area contributed by atoms with Crippen molar-refractivity contribution in [2.75, 3.05) is 9.38 Å². The topological polar surface area (TPSA) is 59.1 Å². The molecule has 1 aromatic heterocycles. The van der Waals surface area contributed by atoms with Crippen molar-refractivity contribution in [2.45, 2.75) is 13.8 Å². The van der Waals surface area contributed by atoms with Crippen LogP contribution in [-0.2, 0) is 10.0 Å². The van der Waals surface area contributed by atoms with E-state index in [4.69, 9.17) is 0 Å². The standard InChI is InChI=1S/C8H11BrN2O2S/c1-6-3-7(2)10-8(4-6)11-14(12,13)5-9/h3-4H,5H2,1-2H3,(H,10,11). The molecule has 14 heavy (non-hydrogen) atoms. The molecule has 0 spiro atoms. The maximum absolute atomic E-state index is 11.2. The molecular formula is C8H11BrN2O2S. The fraction of sp³-hybridized carbons (Fsp3) is 0.375. The van der Waals surface area contributed by atoms with Gasteiger partial charge in [0, 0.05) is 5.69 Å². The molecule has 0 aliphatic rings. The van der Waals surface area contributed by atoms with Gasteiger partial charge in [0.15, 0.2) is 0 Å². The first-order valence-corrected chi connectivity index (χ1v) is 6.72. The molecule has 0 saturated carbocycles. The molecule has 0 aliphatic heterocycles. The Labute approximate surface area is 91.9 Å². The Bertz CT molecular complexity index is 411. The lowest BCUT2D eigenvalue weighted by atomic mass is 10.2. The molecule has 0 saturated heterocycles. The van der Waals surface area contributed by atoms with Gasteiger partial charge in [-0.2, -0.15) is 0 Å². The monoisotopic (exact) mass is 278 g/mol. The molecular weight excluding hydrogens is 268 g/mol. The van der Waals surface area contributed by atoms with Crippen molar-refractivity contribution in [1.82, 2.24) is 4.98 Å². The number of aryl methyl sites for hydroxylation is 2. The van der Waals surface area contributed by atoms with Gasteiger partial charge in [0.2, 0.25) is 10.0 Å². The first kappa shape index (κ1) is 11.5. The fourth-order valence-electron chi connectivity index (χ4n) is 1.08. The highest BCUT2D eigenvalue weighted by atomic mass is 79.9. The molecule has 0 bridgehead atoms. The van der Waals surface area contributed by atoms with Crippen LogP contribution in [0.4, 0.5) is 5.82 Å². The van der Waals surface area contributed by atoms with Crippen molar-refractivity contribution in [3.8, 4) is 0 Å². The largest absolute Gasteiger partial charge is 0.267 e. The molecule has 1 heterocycles. The van der Waals surface area contributed by atoms with E-state index in [-0.39, 0.29) is 4.66 Å². The van der Waals surface area contributed by atoms with Gasteiger partial charge in [-0.05, 0) is 31.5 Å². The summed E-state index contributed by atoms with van der Waals surface area (Å²) in [7, 11) is -3.30. The van der Waals surface area contributed by atoms with Crippen LogP contribution < -0.4 is 4.72 Å². The lowest BCUT2D eigenvalue weighted by molar-refractivity contribution is 0.606. The van der Waals surface area contributed by atoms with Gasteiger partial charge < -0.3 is 0 Å². The van der Waals surface area contributed by atoms with Crippen molar-refractivity contribution in [1.29, 1.82) is 0 Å². The van der Waals surface area contributed by atoms with Crippen LogP contribution in [0.15, 0.2) is 12.1 Å². The highest BCUT2D eigenvalue weighted by Crippen LogP contribution is 2.11. The maximum atomic E-state index is 11.2. The number of sulfonamides is 1. The third-order valence-corrected chi connectivity index (χ3v) is 4.12. The summed E-state index contributed by atoms with van der Waals surface area (Å²) in [5, 5.41) is 0. The van der Waals surface area contributed by atoms with Crippen molar-refractivity contribution >= 4 is 31.8 Å². The number of nitrogens with one attached hydrogen (secondary N) is 1. The minimum Gasteiger partial charge on any atom is -0.267 e. The third kappa shape index (κ3) is 3.26. The molecule has 78 valence electrons. The van der Waals surface area contributed by atoms with E-state index >= 15 is 0 Å². The molecule has 1 aromatic rings. The number of alkyl halides is 1. The molecule has 0 aromatic carbocycles. The summed E-state index contributed by atoms with van der Waals surface area (Å²) < 4.78 is 24.6. The van der Waals surface area contributed by atoms with E-state index in [1.54, 1.807) is 6.07 Å². The lowest BCUT2D eigenvalue weighted by Gasteiger charge is -2.06. The number of hydrogen-bond donors (Lipinski definition) is 1. The zero-order valence-electron chi connectivity index (χ0n) is 7.91. The van der Waals surface area contributed by atoms with Gasteiger partial charge in [-0.25, -0.2) is 13.4 Å². The van der Waals surface area contributed by atoms with Crippen molar-refractivity contribution in [3.05, 3.63) is 23.4 Å². The number of pyridine rings is 1. The van der Waals surface area contributed by atoms with Gasteiger partial charge >= 0.3 is 0 Å². The van der Waals surface area contributed by atoms with Crippen LogP contribution in [-0.4, -0.2) is 18.1 Å². The first-order chi connectivity index (χ1) is 6.43. The van der Waals surface area contributed by atoms with E-state index in [1.807, 2.05) is 19.9 Å². The van der Waals surface area contributed by atoms with Crippen LogP contribution in [0.3, 0.4) is 0 Å². The Kier molecular flexibility index (Phi) is 3.49. The van der Waals surface area contributed by atoms with Crippen LogP contribution in [0.5, 0.6) is 0 Å².